The molecule has 30 heavy (non-hydrogen) atoms. The van der Waals surface area contributed by atoms with Crippen LogP contribution in [-0.2, 0) is 9.31 Å². The van der Waals surface area contributed by atoms with Gasteiger partial charge in [-0.3, -0.25) is 4.90 Å². The van der Waals surface area contributed by atoms with E-state index in [0.717, 1.165) is 41.4 Å². The van der Waals surface area contributed by atoms with Crippen LogP contribution >= 0.6 is 0 Å². The summed E-state index contributed by atoms with van der Waals surface area (Å²) < 4.78 is 12.6. The van der Waals surface area contributed by atoms with Gasteiger partial charge >= 0.3 is 13.1 Å². The van der Waals surface area contributed by atoms with Crippen LogP contribution in [0.5, 0.6) is 0 Å². The van der Waals surface area contributed by atoms with Gasteiger partial charge in [-0.15, -0.1) is 0 Å². The van der Waals surface area contributed by atoms with E-state index in [1.807, 2.05) is 45.7 Å². The molecule has 3 aliphatic rings. The molecule has 5 rings (SSSR count). The summed E-state index contributed by atoms with van der Waals surface area (Å²) in [7, 11) is 1.30. The van der Waals surface area contributed by atoms with Gasteiger partial charge in [-0.2, -0.15) is 0 Å². The number of nitrogens with zero attached hydrogens (tertiary/aromatic N) is 4. The lowest BCUT2D eigenvalue weighted by Crippen LogP contribution is -2.41. The Morgan fingerprint density at radius 1 is 1.07 bits per heavy atom. The minimum atomic E-state index is -0.539. The number of hydrogen-bond acceptors (Lipinski definition) is 6. The largest absolute Gasteiger partial charge is 0.497 e. The van der Waals surface area contributed by atoms with E-state index in [2.05, 4.69) is 15.3 Å². The third-order valence-corrected chi connectivity index (χ3v) is 6.84. The molecule has 158 valence electrons. The van der Waals surface area contributed by atoms with Crippen molar-refractivity contribution in [3.8, 4) is 0 Å². The predicted molar refractivity (Wildman–Crippen MR) is 117 cm³/mol. The summed E-state index contributed by atoms with van der Waals surface area (Å²) in [4.78, 5) is 25.8. The molecule has 0 aromatic carbocycles. The third kappa shape index (κ3) is 2.94. The van der Waals surface area contributed by atoms with Crippen molar-refractivity contribution in [3.05, 3.63) is 18.5 Å². The lowest BCUT2D eigenvalue weighted by atomic mass is 9.77. The number of carbonyl (C=O) groups excluding carboxylic acids is 1. The van der Waals surface area contributed by atoms with Gasteiger partial charge in [0.1, 0.15) is 11.6 Å². The molecule has 1 aliphatic carbocycles. The fourth-order valence-electron chi connectivity index (χ4n) is 4.14. The standard InChI is InChI=1S/C21H28BN5O3/c1-20(2)21(3,4)30-22(29-20)16-12-25-18(23-5)15-11-24-17(10-14(15)16)27-9-8-26(19(27)28)13-6-7-13/h10-13H,6-9H2,1-5H3,(H,23,25). The summed E-state index contributed by atoms with van der Waals surface area (Å²) in [5.41, 5.74) is -0.0500. The number of urea groups is 1. The first-order valence-corrected chi connectivity index (χ1v) is 10.6. The van der Waals surface area contributed by atoms with Gasteiger partial charge in [0, 0.05) is 49.4 Å². The monoisotopic (exact) mass is 409 g/mol. The van der Waals surface area contributed by atoms with Crippen molar-refractivity contribution in [2.24, 2.45) is 0 Å². The maximum atomic E-state index is 12.9. The molecular formula is C21H28BN5O3. The van der Waals surface area contributed by atoms with Gasteiger partial charge in [0.15, 0.2) is 0 Å². The highest BCUT2D eigenvalue weighted by atomic mass is 16.7. The maximum Gasteiger partial charge on any atom is 0.497 e. The molecule has 2 aromatic rings. The van der Waals surface area contributed by atoms with E-state index in [1.165, 1.54) is 0 Å². The zero-order valence-electron chi connectivity index (χ0n) is 18.2. The second kappa shape index (κ2) is 6.55. The molecule has 9 heteroatoms. The van der Waals surface area contributed by atoms with Crippen molar-refractivity contribution >= 4 is 41.0 Å². The Balaban J connectivity index is 1.57. The number of nitrogens with one attached hydrogen (secondary N) is 1. The number of rotatable bonds is 4. The van der Waals surface area contributed by atoms with E-state index in [-0.39, 0.29) is 6.03 Å². The molecule has 8 nitrogen and oxygen atoms in total. The van der Waals surface area contributed by atoms with E-state index >= 15 is 0 Å². The maximum absolute atomic E-state index is 12.9. The quantitative estimate of drug-likeness (QED) is 0.782. The lowest BCUT2D eigenvalue weighted by molar-refractivity contribution is 0.00578. The number of amides is 2. The average Bonchev–Trinajstić information content (AvgIpc) is 3.42. The summed E-state index contributed by atoms with van der Waals surface area (Å²) in [6.45, 7) is 9.55. The van der Waals surface area contributed by atoms with Crippen molar-refractivity contribution in [1.82, 2.24) is 14.9 Å². The molecule has 2 amide bonds. The smallest absolute Gasteiger partial charge is 0.399 e. The summed E-state index contributed by atoms with van der Waals surface area (Å²) in [6, 6.07) is 2.42. The molecular weight excluding hydrogens is 381 g/mol. The first kappa shape index (κ1) is 19.6. The number of hydrogen-bond donors (Lipinski definition) is 1. The van der Waals surface area contributed by atoms with E-state index in [4.69, 9.17) is 9.31 Å². The van der Waals surface area contributed by atoms with E-state index in [9.17, 15) is 4.79 Å². The Morgan fingerprint density at radius 3 is 2.40 bits per heavy atom. The van der Waals surface area contributed by atoms with Gasteiger partial charge in [-0.05, 0) is 52.0 Å². The van der Waals surface area contributed by atoms with Crippen LogP contribution in [0.25, 0.3) is 10.8 Å². The highest BCUT2D eigenvalue weighted by molar-refractivity contribution is 6.65. The van der Waals surface area contributed by atoms with Crippen LogP contribution in [0, 0.1) is 0 Å². The summed E-state index contributed by atoms with van der Waals surface area (Å²) in [5.74, 6) is 1.39. The molecule has 2 aromatic heterocycles. The molecule has 0 spiro atoms. The van der Waals surface area contributed by atoms with Gasteiger partial charge in [0.05, 0.1) is 11.2 Å². The second-order valence-corrected chi connectivity index (χ2v) is 9.35. The first-order chi connectivity index (χ1) is 14.2. The highest BCUT2D eigenvalue weighted by Crippen LogP contribution is 2.38. The van der Waals surface area contributed by atoms with E-state index < -0.39 is 18.3 Å². The molecule has 1 N–H and O–H groups in total. The minimum absolute atomic E-state index is 0.0458. The summed E-state index contributed by atoms with van der Waals surface area (Å²) in [5, 5.41) is 4.93. The first-order valence-electron chi connectivity index (χ1n) is 10.6. The number of fused-ring (bicyclic) bond motifs is 1. The fraction of sp³-hybridized carbons (Fsp3) is 0.571. The third-order valence-electron chi connectivity index (χ3n) is 6.84. The van der Waals surface area contributed by atoms with Crippen molar-refractivity contribution in [2.75, 3.05) is 30.4 Å². The second-order valence-electron chi connectivity index (χ2n) is 9.35. The Labute approximate surface area is 177 Å². The average molecular weight is 409 g/mol. The van der Waals surface area contributed by atoms with Crippen molar-refractivity contribution < 1.29 is 14.1 Å². The SMILES string of the molecule is CNc1ncc(B2OC(C)(C)C(C)(C)O2)c2cc(N3CCN(C4CC4)C3=O)ncc12. The molecule has 2 aliphatic heterocycles. The van der Waals surface area contributed by atoms with Crippen molar-refractivity contribution in [3.63, 3.8) is 0 Å². The van der Waals surface area contributed by atoms with Gasteiger partial charge in [0.2, 0.25) is 0 Å². The molecule has 4 heterocycles. The van der Waals surface area contributed by atoms with Gasteiger partial charge in [-0.1, -0.05) is 0 Å². The molecule has 2 saturated heterocycles. The van der Waals surface area contributed by atoms with Gasteiger partial charge < -0.3 is 19.5 Å². The summed E-state index contributed by atoms with van der Waals surface area (Å²) >= 11 is 0. The Kier molecular flexibility index (Phi) is 4.28. The van der Waals surface area contributed by atoms with Crippen molar-refractivity contribution in [2.45, 2.75) is 57.8 Å². The number of anilines is 2. The summed E-state index contributed by atoms with van der Waals surface area (Å²) in [6.07, 6.45) is 5.79. The molecule has 0 bridgehead atoms. The Hall–Kier alpha value is -2.39. The van der Waals surface area contributed by atoms with Crippen LogP contribution in [0.3, 0.4) is 0 Å². The molecule has 1 saturated carbocycles. The zero-order valence-corrected chi connectivity index (χ0v) is 18.2. The molecule has 0 radical (unpaired) electrons. The van der Waals surface area contributed by atoms with Gasteiger partial charge in [-0.25, -0.2) is 14.8 Å². The van der Waals surface area contributed by atoms with Gasteiger partial charge in [0.25, 0.3) is 0 Å². The Morgan fingerprint density at radius 2 is 1.77 bits per heavy atom. The highest BCUT2D eigenvalue weighted by Gasteiger charge is 2.52. The van der Waals surface area contributed by atoms with Crippen LogP contribution in [0.2, 0.25) is 0 Å². The zero-order chi connectivity index (χ0) is 21.3. The normalized spacial score (nSPS) is 23.0. The number of pyridine rings is 2. The fourth-order valence-corrected chi connectivity index (χ4v) is 4.14. The molecule has 0 atom stereocenters. The number of carbonyl (C=O) groups is 1. The van der Waals surface area contributed by atoms with E-state index in [0.29, 0.717) is 18.4 Å². The minimum Gasteiger partial charge on any atom is -0.399 e. The topological polar surface area (TPSA) is 79.8 Å². The predicted octanol–water partition coefficient (Wildman–Crippen LogP) is 2.38. The van der Waals surface area contributed by atoms with Crippen molar-refractivity contribution in [1.29, 1.82) is 0 Å². The number of aromatic nitrogens is 2. The van der Waals surface area contributed by atoms with Crippen LogP contribution < -0.4 is 15.7 Å². The lowest BCUT2D eigenvalue weighted by Gasteiger charge is -2.32. The molecule has 3 fully saturated rings. The van der Waals surface area contributed by atoms with Crippen LogP contribution in [-0.4, -0.2) is 65.4 Å². The van der Waals surface area contributed by atoms with Crippen LogP contribution in [0.4, 0.5) is 16.4 Å². The Bertz CT molecular complexity index is 1010. The molecule has 0 unspecified atom stereocenters. The van der Waals surface area contributed by atoms with Crippen LogP contribution in [0.15, 0.2) is 18.5 Å². The van der Waals surface area contributed by atoms with E-state index in [1.54, 1.807) is 17.3 Å². The van der Waals surface area contributed by atoms with Crippen LogP contribution in [0.1, 0.15) is 40.5 Å².